The highest BCUT2D eigenvalue weighted by molar-refractivity contribution is 9.10. The standard InChI is InChI=1S/C19H26BrClN2O4/c1-18(2,3)27-17(25)23-10-13(9-19(23,4)11-24)22-5-6-26-15-8-12(21)7-14(20)16(15)22/h7-8,13,24H,5-6,9-11H2,1-4H3/t13-,19+/m0/s1. The largest absolute Gasteiger partial charge is 0.489 e. The highest BCUT2D eigenvalue weighted by atomic mass is 79.9. The van der Waals surface area contributed by atoms with E-state index in [-0.39, 0.29) is 12.6 Å². The first kappa shape index (κ1) is 20.6. The molecule has 1 N–H and O–H groups in total. The molecule has 1 saturated heterocycles. The lowest BCUT2D eigenvalue weighted by Crippen LogP contribution is -2.49. The van der Waals surface area contributed by atoms with Crippen LogP contribution < -0.4 is 9.64 Å². The first-order chi connectivity index (χ1) is 12.5. The third-order valence-corrected chi connectivity index (χ3v) is 5.81. The molecule has 2 heterocycles. The van der Waals surface area contributed by atoms with Crippen LogP contribution in [0.1, 0.15) is 34.1 Å². The molecular formula is C19H26BrClN2O4. The van der Waals surface area contributed by atoms with E-state index in [0.29, 0.717) is 31.1 Å². The molecular weight excluding hydrogens is 436 g/mol. The van der Waals surface area contributed by atoms with Crippen molar-refractivity contribution in [3.8, 4) is 5.75 Å². The van der Waals surface area contributed by atoms with Crippen molar-refractivity contribution >= 4 is 39.3 Å². The van der Waals surface area contributed by atoms with Crippen LogP contribution in [0.15, 0.2) is 16.6 Å². The lowest BCUT2D eigenvalue weighted by Gasteiger charge is -2.36. The van der Waals surface area contributed by atoms with Gasteiger partial charge in [0, 0.05) is 28.1 Å². The van der Waals surface area contributed by atoms with E-state index in [0.717, 1.165) is 15.9 Å². The van der Waals surface area contributed by atoms with Gasteiger partial charge >= 0.3 is 6.09 Å². The van der Waals surface area contributed by atoms with Gasteiger partial charge in [0.2, 0.25) is 0 Å². The molecule has 0 bridgehead atoms. The van der Waals surface area contributed by atoms with E-state index in [4.69, 9.17) is 21.1 Å². The molecule has 0 spiro atoms. The molecule has 27 heavy (non-hydrogen) atoms. The Morgan fingerprint density at radius 1 is 1.48 bits per heavy atom. The Bertz CT molecular complexity index is 739. The molecule has 2 atom stereocenters. The predicted octanol–water partition coefficient (Wildman–Crippen LogP) is 4.06. The molecule has 1 aromatic carbocycles. The van der Waals surface area contributed by atoms with Crippen molar-refractivity contribution in [2.24, 2.45) is 0 Å². The Morgan fingerprint density at radius 2 is 2.19 bits per heavy atom. The quantitative estimate of drug-likeness (QED) is 0.719. The van der Waals surface area contributed by atoms with Gasteiger partial charge in [0.25, 0.3) is 0 Å². The summed E-state index contributed by atoms with van der Waals surface area (Å²) in [6.45, 7) is 9.01. The molecule has 8 heteroatoms. The summed E-state index contributed by atoms with van der Waals surface area (Å²) < 4.78 is 12.2. The lowest BCUT2D eigenvalue weighted by atomic mass is 9.97. The van der Waals surface area contributed by atoms with Gasteiger partial charge in [0.15, 0.2) is 0 Å². The number of fused-ring (bicyclic) bond motifs is 1. The molecule has 0 radical (unpaired) electrons. The number of carbonyl (C=O) groups is 1. The second-order valence-corrected chi connectivity index (χ2v) is 9.67. The number of amides is 1. The summed E-state index contributed by atoms with van der Waals surface area (Å²) in [5.74, 6) is 0.724. The van der Waals surface area contributed by atoms with Gasteiger partial charge in [-0.25, -0.2) is 4.79 Å². The van der Waals surface area contributed by atoms with Gasteiger partial charge < -0.3 is 19.5 Å². The molecule has 3 rings (SSSR count). The summed E-state index contributed by atoms with van der Waals surface area (Å²) in [5, 5.41) is 10.6. The van der Waals surface area contributed by atoms with E-state index >= 15 is 0 Å². The number of benzene rings is 1. The number of ether oxygens (including phenoxy) is 2. The van der Waals surface area contributed by atoms with E-state index < -0.39 is 17.2 Å². The number of likely N-dealkylation sites (tertiary alicyclic amines) is 1. The van der Waals surface area contributed by atoms with Gasteiger partial charge in [0.1, 0.15) is 18.0 Å². The average Bonchev–Trinajstić information content (AvgIpc) is 2.91. The predicted molar refractivity (Wildman–Crippen MR) is 109 cm³/mol. The van der Waals surface area contributed by atoms with Gasteiger partial charge in [-0.05, 0) is 56.1 Å². The Kier molecular flexibility index (Phi) is 5.58. The van der Waals surface area contributed by atoms with Crippen molar-refractivity contribution in [1.29, 1.82) is 0 Å². The van der Waals surface area contributed by atoms with E-state index in [1.165, 1.54) is 0 Å². The maximum absolute atomic E-state index is 12.7. The van der Waals surface area contributed by atoms with Gasteiger partial charge in [0.05, 0.1) is 24.4 Å². The maximum atomic E-state index is 12.7. The maximum Gasteiger partial charge on any atom is 0.410 e. The van der Waals surface area contributed by atoms with Crippen LogP contribution in [0.4, 0.5) is 10.5 Å². The van der Waals surface area contributed by atoms with Crippen LogP contribution >= 0.6 is 27.5 Å². The zero-order valence-corrected chi connectivity index (χ0v) is 18.4. The molecule has 1 fully saturated rings. The Balaban J connectivity index is 1.89. The van der Waals surface area contributed by atoms with E-state index in [2.05, 4.69) is 20.8 Å². The smallest absolute Gasteiger partial charge is 0.410 e. The number of hydrogen-bond acceptors (Lipinski definition) is 5. The molecule has 2 aliphatic heterocycles. The number of anilines is 1. The number of carbonyl (C=O) groups excluding carboxylic acids is 1. The summed E-state index contributed by atoms with van der Waals surface area (Å²) in [5.41, 5.74) is -0.330. The molecule has 0 saturated carbocycles. The molecule has 0 unspecified atom stereocenters. The zero-order chi connectivity index (χ0) is 20.0. The fraction of sp³-hybridized carbons (Fsp3) is 0.632. The van der Waals surface area contributed by atoms with Crippen molar-refractivity contribution in [2.75, 3.05) is 31.2 Å². The molecule has 0 aliphatic carbocycles. The van der Waals surface area contributed by atoms with Crippen molar-refractivity contribution in [2.45, 2.75) is 51.3 Å². The second kappa shape index (κ2) is 7.33. The SMILES string of the molecule is CC(C)(C)OC(=O)N1C[C@@H](N2CCOc3cc(Cl)cc(Br)c32)C[C@]1(C)CO. The van der Waals surface area contributed by atoms with Crippen molar-refractivity contribution in [1.82, 2.24) is 4.90 Å². The van der Waals surface area contributed by atoms with Crippen LogP contribution in [-0.2, 0) is 4.74 Å². The van der Waals surface area contributed by atoms with Gasteiger partial charge in [-0.3, -0.25) is 4.90 Å². The number of aliphatic hydroxyl groups excluding tert-OH is 1. The normalized spacial score (nSPS) is 25.2. The summed E-state index contributed by atoms with van der Waals surface area (Å²) in [7, 11) is 0. The molecule has 1 aromatic rings. The van der Waals surface area contributed by atoms with Gasteiger partial charge in [-0.1, -0.05) is 11.6 Å². The van der Waals surface area contributed by atoms with E-state index in [9.17, 15) is 9.90 Å². The summed E-state index contributed by atoms with van der Waals surface area (Å²) >= 11 is 9.74. The van der Waals surface area contributed by atoms with E-state index in [1.54, 1.807) is 11.0 Å². The fourth-order valence-corrected chi connectivity index (χ4v) is 4.76. The molecule has 6 nitrogen and oxygen atoms in total. The minimum atomic E-state index is -0.676. The number of rotatable bonds is 2. The fourth-order valence-electron chi connectivity index (χ4n) is 3.75. The number of halogens is 2. The third kappa shape index (κ3) is 4.15. The number of nitrogens with zero attached hydrogens (tertiary/aromatic N) is 2. The average molecular weight is 462 g/mol. The van der Waals surface area contributed by atoms with Crippen LogP contribution in [0.3, 0.4) is 0 Å². The van der Waals surface area contributed by atoms with Crippen LogP contribution in [-0.4, -0.2) is 59.6 Å². The second-order valence-electron chi connectivity index (χ2n) is 8.38. The molecule has 2 aliphatic rings. The Morgan fingerprint density at radius 3 is 2.81 bits per heavy atom. The highest BCUT2D eigenvalue weighted by Crippen LogP contribution is 2.44. The highest BCUT2D eigenvalue weighted by Gasteiger charge is 2.48. The Labute approximate surface area is 173 Å². The molecule has 0 aromatic heterocycles. The molecule has 1 amide bonds. The Hall–Kier alpha value is -1.18. The van der Waals surface area contributed by atoms with Crippen LogP contribution in [0.5, 0.6) is 5.75 Å². The minimum Gasteiger partial charge on any atom is -0.489 e. The van der Waals surface area contributed by atoms with Crippen molar-refractivity contribution in [3.63, 3.8) is 0 Å². The third-order valence-electron chi connectivity index (χ3n) is 4.99. The minimum absolute atomic E-state index is 0.0368. The van der Waals surface area contributed by atoms with Gasteiger partial charge in [-0.15, -0.1) is 0 Å². The van der Waals surface area contributed by atoms with Crippen molar-refractivity contribution in [3.05, 3.63) is 21.6 Å². The van der Waals surface area contributed by atoms with Crippen LogP contribution in [0, 0.1) is 0 Å². The van der Waals surface area contributed by atoms with Crippen molar-refractivity contribution < 1.29 is 19.4 Å². The number of hydrogen-bond donors (Lipinski definition) is 1. The zero-order valence-electron chi connectivity index (χ0n) is 16.1. The number of aliphatic hydroxyl groups is 1. The van der Waals surface area contributed by atoms with Gasteiger partial charge in [-0.2, -0.15) is 0 Å². The first-order valence-electron chi connectivity index (χ1n) is 9.04. The monoisotopic (exact) mass is 460 g/mol. The first-order valence-corrected chi connectivity index (χ1v) is 10.2. The van der Waals surface area contributed by atoms with Crippen LogP contribution in [0.2, 0.25) is 5.02 Å². The summed E-state index contributed by atoms with van der Waals surface area (Å²) in [4.78, 5) is 16.6. The molecule has 150 valence electrons. The summed E-state index contributed by atoms with van der Waals surface area (Å²) in [6, 6.07) is 3.68. The summed E-state index contributed by atoms with van der Waals surface area (Å²) in [6.07, 6.45) is 0.238. The topological polar surface area (TPSA) is 62.2 Å². The van der Waals surface area contributed by atoms with Crippen LogP contribution in [0.25, 0.3) is 0 Å². The lowest BCUT2D eigenvalue weighted by molar-refractivity contribution is -0.0000875. The van der Waals surface area contributed by atoms with E-state index in [1.807, 2.05) is 33.8 Å².